The minimum absolute atomic E-state index is 0.154. The average Bonchev–Trinajstić information content (AvgIpc) is 2.71. The van der Waals surface area contributed by atoms with Crippen molar-refractivity contribution in [3.63, 3.8) is 0 Å². The van der Waals surface area contributed by atoms with Crippen LogP contribution in [0.2, 0.25) is 0 Å². The van der Waals surface area contributed by atoms with Crippen molar-refractivity contribution in [3.05, 3.63) is 70.8 Å². The lowest BCUT2D eigenvalue weighted by molar-refractivity contribution is 0.318. The highest BCUT2D eigenvalue weighted by Crippen LogP contribution is 2.53. The van der Waals surface area contributed by atoms with Gasteiger partial charge in [0.25, 0.3) is 0 Å². The Morgan fingerprint density at radius 3 is 1.87 bits per heavy atom. The molecule has 2 aromatic rings. The van der Waals surface area contributed by atoms with Crippen molar-refractivity contribution in [1.82, 2.24) is 4.90 Å². The summed E-state index contributed by atoms with van der Waals surface area (Å²) < 4.78 is 0. The Hall–Kier alpha value is -1.53. The van der Waals surface area contributed by atoms with E-state index in [2.05, 4.69) is 60.5 Å². The quantitative estimate of drug-likeness (QED) is 0.384. The minimum Gasteiger partial charge on any atom is -0.302 e. The van der Waals surface area contributed by atoms with E-state index >= 15 is 0 Å². The van der Waals surface area contributed by atoms with Crippen LogP contribution in [-0.4, -0.2) is 18.5 Å². The summed E-state index contributed by atoms with van der Waals surface area (Å²) in [6.07, 6.45) is 9.03. The second-order valence-electron chi connectivity index (χ2n) is 9.02. The standard InChI is InChI=1S/C25H31Cl2N.C2H3N/c1-28(19-20-9-3-2-4-10-20)18-6-11-21-22(24(26)14-7-15-24)12-5-13-23(21)25(27)16-8-17-25;1-2-3/h2-5,9-10,12-13H,6-8,11,14-19H2,1H3;1H3. The molecule has 2 nitrogen and oxygen atoms in total. The van der Waals surface area contributed by atoms with Crippen LogP contribution in [0.4, 0.5) is 0 Å². The number of benzene rings is 2. The Bertz CT molecular complexity index is 842. The number of nitriles is 1. The van der Waals surface area contributed by atoms with Crippen LogP contribution in [0, 0.1) is 11.3 Å². The van der Waals surface area contributed by atoms with Gasteiger partial charge in [0.2, 0.25) is 0 Å². The molecule has 0 atom stereocenters. The molecule has 0 amide bonds. The maximum absolute atomic E-state index is 7.32. The molecule has 31 heavy (non-hydrogen) atoms. The largest absolute Gasteiger partial charge is 0.302 e. The number of hydrogen-bond acceptors (Lipinski definition) is 2. The Morgan fingerprint density at radius 1 is 0.903 bits per heavy atom. The van der Waals surface area contributed by atoms with E-state index in [1.807, 2.05) is 0 Å². The van der Waals surface area contributed by atoms with E-state index in [9.17, 15) is 0 Å². The monoisotopic (exact) mass is 456 g/mol. The van der Waals surface area contributed by atoms with Gasteiger partial charge in [-0.05, 0) is 87.2 Å². The fourth-order valence-electron chi connectivity index (χ4n) is 4.71. The maximum Gasteiger partial charge on any atom is 0.0697 e. The van der Waals surface area contributed by atoms with Crippen molar-refractivity contribution in [2.75, 3.05) is 13.6 Å². The zero-order valence-corrected chi connectivity index (χ0v) is 20.4. The average molecular weight is 457 g/mol. The molecule has 4 rings (SSSR count). The summed E-state index contributed by atoms with van der Waals surface area (Å²) in [6, 6.07) is 19.2. The van der Waals surface area contributed by atoms with Crippen LogP contribution >= 0.6 is 23.2 Å². The van der Waals surface area contributed by atoms with Gasteiger partial charge in [-0.1, -0.05) is 48.5 Å². The highest BCUT2D eigenvalue weighted by Gasteiger charge is 2.42. The molecule has 2 fully saturated rings. The summed E-state index contributed by atoms with van der Waals surface area (Å²) in [5.41, 5.74) is 5.53. The zero-order valence-electron chi connectivity index (χ0n) is 18.8. The maximum atomic E-state index is 7.32. The van der Waals surface area contributed by atoms with Crippen LogP contribution in [-0.2, 0) is 22.7 Å². The molecular formula is C27H34Cl2N2. The van der Waals surface area contributed by atoms with Gasteiger partial charge in [-0.3, -0.25) is 0 Å². The van der Waals surface area contributed by atoms with Gasteiger partial charge in [0.05, 0.1) is 15.8 Å². The predicted octanol–water partition coefficient (Wildman–Crippen LogP) is 7.52. The van der Waals surface area contributed by atoms with Crippen molar-refractivity contribution >= 4 is 23.2 Å². The summed E-state index contributed by atoms with van der Waals surface area (Å²) in [6.45, 7) is 3.50. The molecule has 2 aromatic carbocycles. The molecule has 2 aliphatic rings. The fourth-order valence-corrected chi connectivity index (χ4v) is 5.60. The van der Waals surface area contributed by atoms with Crippen LogP contribution in [0.15, 0.2) is 48.5 Å². The van der Waals surface area contributed by atoms with E-state index < -0.39 is 0 Å². The van der Waals surface area contributed by atoms with Gasteiger partial charge in [-0.15, -0.1) is 23.2 Å². The smallest absolute Gasteiger partial charge is 0.0697 e. The van der Waals surface area contributed by atoms with E-state index in [-0.39, 0.29) is 9.75 Å². The van der Waals surface area contributed by atoms with Gasteiger partial charge in [0.1, 0.15) is 0 Å². The van der Waals surface area contributed by atoms with Crippen molar-refractivity contribution in [3.8, 4) is 6.07 Å². The van der Waals surface area contributed by atoms with E-state index in [0.29, 0.717) is 0 Å². The summed E-state index contributed by atoms with van der Waals surface area (Å²) in [5.74, 6) is 0. The Morgan fingerprint density at radius 2 is 1.42 bits per heavy atom. The number of hydrogen-bond donors (Lipinski definition) is 0. The molecule has 166 valence electrons. The molecule has 0 unspecified atom stereocenters. The van der Waals surface area contributed by atoms with Gasteiger partial charge in [-0.25, -0.2) is 0 Å². The molecule has 0 heterocycles. The van der Waals surface area contributed by atoms with Gasteiger partial charge in [0, 0.05) is 13.5 Å². The van der Waals surface area contributed by atoms with Crippen molar-refractivity contribution in [2.24, 2.45) is 0 Å². The summed E-state index contributed by atoms with van der Waals surface area (Å²) in [4.78, 5) is 2.10. The molecule has 2 aliphatic carbocycles. The second-order valence-corrected chi connectivity index (χ2v) is 10.5. The SMILES string of the molecule is CC#N.CN(CCCc1c(C2(Cl)CCC2)cccc1C1(Cl)CCC1)Cc1ccccc1. The summed E-state index contributed by atoms with van der Waals surface area (Å²) >= 11 is 14.0. The number of nitrogens with zero attached hydrogens (tertiary/aromatic N) is 2. The first-order valence-electron chi connectivity index (χ1n) is 11.5. The molecule has 0 bridgehead atoms. The van der Waals surface area contributed by atoms with E-state index in [4.69, 9.17) is 28.5 Å². The van der Waals surface area contributed by atoms with Crippen LogP contribution in [0.3, 0.4) is 0 Å². The lowest BCUT2D eigenvalue weighted by Gasteiger charge is -2.42. The zero-order chi connectivity index (χ0) is 22.3. The van der Waals surface area contributed by atoms with Crippen LogP contribution in [0.25, 0.3) is 0 Å². The Kier molecular flexibility index (Phi) is 8.45. The molecular weight excluding hydrogens is 423 g/mol. The number of alkyl halides is 2. The van der Waals surface area contributed by atoms with Crippen molar-refractivity contribution in [1.29, 1.82) is 5.26 Å². The van der Waals surface area contributed by atoms with Crippen molar-refractivity contribution < 1.29 is 0 Å². The molecule has 0 spiro atoms. The minimum atomic E-state index is -0.154. The number of rotatable bonds is 8. The van der Waals surface area contributed by atoms with Gasteiger partial charge < -0.3 is 4.90 Å². The molecule has 0 saturated heterocycles. The van der Waals surface area contributed by atoms with Crippen LogP contribution < -0.4 is 0 Å². The third-order valence-electron chi connectivity index (χ3n) is 6.70. The first kappa shape index (κ1) is 24.1. The third-order valence-corrected chi connectivity index (χ3v) is 7.86. The van der Waals surface area contributed by atoms with Gasteiger partial charge in [-0.2, -0.15) is 5.26 Å². The van der Waals surface area contributed by atoms with Gasteiger partial charge >= 0.3 is 0 Å². The Labute approximate surface area is 198 Å². The molecule has 4 heteroatoms. The second kappa shape index (κ2) is 10.9. The molecule has 0 aromatic heterocycles. The lowest BCUT2D eigenvalue weighted by atomic mass is 9.71. The molecule has 2 saturated carbocycles. The fraction of sp³-hybridized carbons (Fsp3) is 0.519. The summed E-state index contributed by atoms with van der Waals surface area (Å²) in [5, 5.41) is 7.32. The molecule has 0 N–H and O–H groups in total. The van der Waals surface area contributed by atoms with E-state index in [0.717, 1.165) is 51.6 Å². The third kappa shape index (κ3) is 5.83. The highest BCUT2D eigenvalue weighted by molar-refractivity contribution is 6.25. The van der Waals surface area contributed by atoms with Gasteiger partial charge in [0.15, 0.2) is 0 Å². The number of halogens is 2. The van der Waals surface area contributed by atoms with E-state index in [1.54, 1.807) is 6.07 Å². The van der Waals surface area contributed by atoms with E-state index in [1.165, 1.54) is 42.0 Å². The Balaban J connectivity index is 0.000000858. The first-order valence-corrected chi connectivity index (χ1v) is 12.2. The predicted molar refractivity (Wildman–Crippen MR) is 132 cm³/mol. The van der Waals surface area contributed by atoms with Crippen LogP contribution in [0.5, 0.6) is 0 Å². The first-order chi connectivity index (χ1) is 14.9. The normalized spacial score (nSPS) is 18.2. The highest BCUT2D eigenvalue weighted by atomic mass is 35.5. The van der Waals surface area contributed by atoms with Crippen LogP contribution in [0.1, 0.15) is 74.1 Å². The molecule has 0 radical (unpaired) electrons. The molecule has 0 aliphatic heterocycles. The lowest BCUT2D eigenvalue weighted by Crippen LogP contribution is -2.33. The summed E-state index contributed by atoms with van der Waals surface area (Å²) in [7, 11) is 2.21. The topological polar surface area (TPSA) is 27.0 Å². The van der Waals surface area contributed by atoms with Crippen molar-refractivity contribution in [2.45, 2.75) is 74.6 Å².